The third kappa shape index (κ3) is 3.94. The molecule has 1 heterocycles. The lowest BCUT2D eigenvalue weighted by molar-refractivity contribution is 0.192. The molecule has 2 rings (SSSR count). The Balaban J connectivity index is 1.84. The van der Waals surface area contributed by atoms with Crippen LogP contribution in [-0.2, 0) is 6.42 Å². The minimum Gasteiger partial charge on any atom is -0.296 e. The molecule has 0 aromatic heterocycles. The number of aryl methyl sites for hydroxylation is 1. The smallest absolute Gasteiger partial charge is 0.0330 e. The van der Waals surface area contributed by atoms with Gasteiger partial charge in [0.15, 0.2) is 0 Å². The molecule has 1 nitrogen and oxygen atoms in total. The quantitative estimate of drug-likeness (QED) is 0.727. The number of nitrogens with zero attached hydrogens (tertiary/aromatic N) is 1. The van der Waals surface area contributed by atoms with E-state index < -0.39 is 0 Å². The number of benzene rings is 1. The van der Waals surface area contributed by atoms with Gasteiger partial charge in [-0.1, -0.05) is 62.8 Å². The molecule has 0 amide bonds. The van der Waals surface area contributed by atoms with Crippen molar-refractivity contribution >= 4 is 0 Å². The van der Waals surface area contributed by atoms with E-state index in [0.29, 0.717) is 11.5 Å². The van der Waals surface area contributed by atoms with E-state index in [1.54, 1.807) is 5.57 Å². The zero-order chi connectivity index (χ0) is 13.9. The van der Waals surface area contributed by atoms with Gasteiger partial charge in [-0.2, -0.15) is 0 Å². The molecule has 0 saturated heterocycles. The summed E-state index contributed by atoms with van der Waals surface area (Å²) in [5, 5.41) is 0. The summed E-state index contributed by atoms with van der Waals surface area (Å²) < 4.78 is 0. The van der Waals surface area contributed by atoms with E-state index in [4.69, 9.17) is 0 Å². The van der Waals surface area contributed by atoms with Gasteiger partial charge in [-0.05, 0) is 37.3 Å². The first-order valence-electron chi connectivity index (χ1n) is 7.40. The maximum Gasteiger partial charge on any atom is 0.0330 e. The summed E-state index contributed by atoms with van der Waals surface area (Å²) in [4.78, 5) is 2.48. The van der Waals surface area contributed by atoms with Crippen LogP contribution in [0.5, 0.6) is 0 Å². The second kappa shape index (κ2) is 5.92. The van der Waals surface area contributed by atoms with Gasteiger partial charge in [-0.3, -0.25) is 4.90 Å². The first-order chi connectivity index (χ1) is 8.97. The summed E-state index contributed by atoms with van der Waals surface area (Å²) in [5.74, 6) is 0. The Kier molecular flexibility index (Phi) is 4.46. The summed E-state index contributed by atoms with van der Waals surface area (Å²) >= 11 is 0. The van der Waals surface area contributed by atoms with Crippen molar-refractivity contribution in [1.29, 1.82) is 0 Å². The zero-order valence-corrected chi connectivity index (χ0v) is 12.8. The minimum atomic E-state index is 0.343. The molecule has 0 radical (unpaired) electrons. The van der Waals surface area contributed by atoms with Crippen molar-refractivity contribution in [1.82, 2.24) is 4.90 Å². The Hall–Kier alpha value is -1.08. The van der Waals surface area contributed by atoms with Crippen LogP contribution < -0.4 is 0 Å². The van der Waals surface area contributed by atoms with Crippen LogP contribution in [0.25, 0.3) is 0 Å². The molecule has 1 aliphatic rings. The fraction of sp³-hybridized carbons (Fsp3) is 0.556. The number of hydrogen-bond donors (Lipinski definition) is 0. The fourth-order valence-electron chi connectivity index (χ4n) is 3.06. The molecular formula is C18H27N. The van der Waals surface area contributed by atoms with Gasteiger partial charge in [0, 0.05) is 12.6 Å². The van der Waals surface area contributed by atoms with Crippen molar-refractivity contribution < 1.29 is 0 Å². The number of hydrogen-bond acceptors (Lipinski definition) is 1. The van der Waals surface area contributed by atoms with E-state index in [0.717, 1.165) is 6.54 Å². The first kappa shape index (κ1) is 14.3. The SMILES string of the molecule is CN1CC(CCCc2ccccc2)=C[C@@H]1C(C)(C)C. The molecule has 19 heavy (non-hydrogen) atoms. The van der Waals surface area contributed by atoms with Crippen LogP contribution in [0.15, 0.2) is 42.0 Å². The normalized spacial score (nSPS) is 20.6. The van der Waals surface area contributed by atoms with Crippen molar-refractivity contribution in [3.63, 3.8) is 0 Å². The molecule has 1 aliphatic heterocycles. The largest absolute Gasteiger partial charge is 0.296 e. The van der Waals surface area contributed by atoms with Crippen LogP contribution in [0.1, 0.15) is 39.2 Å². The lowest BCUT2D eigenvalue weighted by atomic mass is 9.86. The first-order valence-corrected chi connectivity index (χ1v) is 7.40. The summed E-state index contributed by atoms with van der Waals surface area (Å²) in [6.45, 7) is 8.14. The molecule has 1 heteroatoms. The van der Waals surface area contributed by atoms with E-state index >= 15 is 0 Å². The van der Waals surface area contributed by atoms with Gasteiger partial charge in [0.2, 0.25) is 0 Å². The molecule has 1 aromatic rings. The second-order valence-electron chi connectivity index (χ2n) is 6.89. The Morgan fingerprint density at radius 3 is 2.37 bits per heavy atom. The third-order valence-corrected chi connectivity index (χ3v) is 4.01. The molecule has 0 saturated carbocycles. The fourth-order valence-corrected chi connectivity index (χ4v) is 3.06. The maximum absolute atomic E-state index is 2.50. The molecule has 0 fully saturated rings. The van der Waals surface area contributed by atoms with Crippen LogP contribution in [0, 0.1) is 5.41 Å². The van der Waals surface area contributed by atoms with E-state index in [-0.39, 0.29) is 0 Å². The molecule has 0 spiro atoms. The lowest BCUT2D eigenvalue weighted by Gasteiger charge is -2.31. The molecule has 104 valence electrons. The highest BCUT2D eigenvalue weighted by Gasteiger charge is 2.30. The topological polar surface area (TPSA) is 3.24 Å². The predicted molar refractivity (Wildman–Crippen MR) is 83.3 cm³/mol. The monoisotopic (exact) mass is 257 g/mol. The van der Waals surface area contributed by atoms with Gasteiger partial charge >= 0.3 is 0 Å². The second-order valence-corrected chi connectivity index (χ2v) is 6.89. The van der Waals surface area contributed by atoms with E-state index in [1.165, 1.54) is 24.8 Å². The van der Waals surface area contributed by atoms with Crippen LogP contribution >= 0.6 is 0 Å². The number of rotatable bonds is 4. The Morgan fingerprint density at radius 1 is 1.11 bits per heavy atom. The van der Waals surface area contributed by atoms with Crippen molar-refractivity contribution in [2.24, 2.45) is 5.41 Å². The van der Waals surface area contributed by atoms with Gasteiger partial charge < -0.3 is 0 Å². The Bertz CT molecular complexity index is 425. The summed E-state index contributed by atoms with van der Waals surface area (Å²) in [6.07, 6.45) is 6.21. The van der Waals surface area contributed by atoms with Gasteiger partial charge in [-0.25, -0.2) is 0 Å². The van der Waals surface area contributed by atoms with Crippen molar-refractivity contribution in [2.75, 3.05) is 13.6 Å². The minimum absolute atomic E-state index is 0.343. The van der Waals surface area contributed by atoms with Gasteiger partial charge in [0.1, 0.15) is 0 Å². The number of likely N-dealkylation sites (N-methyl/N-ethyl adjacent to an activating group) is 1. The van der Waals surface area contributed by atoms with Crippen molar-refractivity contribution in [3.05, 3.63) is 47.5 Å². The molecule has 1 aromatic carbocycles. The third-order valence-electron chi connectivity index (χ3n) is 4.01. The summed E-state index contributed by atoms with van der Waals surface area (Å²) in [6, 6.07) is 11.4. The molecule has 0 unspecified atom stereocenters. The maximum atomic E-state index is 2.50. The van der Waals surface area contributed by atoms with Gasteiger partial charge in [-0.15, -0.1) is 0 Å². The van der Waals surface area contributed by atoms with Gasteiger partial charge in [0.05, 0.1) is 0 Å². The average molecular weight is 257 g/mol. The molecular weight excluding hydrogens is 230 g/mol. The Morgan fingerprint density at radius 2 is 1.79 bits per heavy atom. The van der Waals surface area contributed by atoms with Gasteiger partial charge in [0.25, 0.3) is 0 Å². The molecule has 0 N–H and O–H groups in total. The standard InChI is InChI=1S/C18H27N/c1-18(2,3)17-13-16(14-19(17)4)12-8-11-15-9-6-5-7-10-15/h5-7,9-10,13,17H,8,11-12,14H2,1-4H3/t17-/m1/s1. The highest BCUT2D eigenvalue weighted by atomic mass is 15.1. The Labute approximate surface area is 118 Å². The van der Waals surface area contributed by atoms with Crippen LogP contribution in [0.4, 0.5) is 0 Å². The van der Waals surface area contributed by atoms with Crippen LogP contribution in [0.3, 0.4) is 0 Å². The van der Waals surface area contributed by atoms with Crippen molar-refractivity contribution in [3.8, 4) is 0 Å². The highest BCUT2D eigenvalue weighted by Crippen LogP contribution is 2.31. The van der Waals surface area contributed by atoms with Crippen LogP contribution in [0.2, 0.25) is 0 Å². The molecule has 0 bridgehead atoms. The summed E-state index contributed by atoms with van der Waals surface area (Å²) in [7, 11) is 2.25. The lowest BCUT2D eigenvalue weighted by Crippen LogP contribution is -2.36. The average Bonchev–Trinajstić information content (AvgIpc) is 2.72. The van der Waals surface area contributed by atoms with E-state index in [1.807, 2.05) is 0 Å². The molecule has 0 aliphatic carbocycles. The van der Waals surface area contributed by atoms with E-state index in [2.05, 4.69) is 69.1 Å². The predicted octanol–water partition coefficient (Wildman–Crippen LogP) is 4.30. The highest BCUT2D eigenvalue weighted by molar-refractivity contribution is 5.19. The van der Waals surface area contributed by atoms with Crippen LogP contribution in [-0.4, -0.2) is 24.5 Å². The van der Waals surface area contributed by atoms with Crippen molar-refractivity contribution in [2.45, 2.75) is 46.1 Å². The zero-order valence-electron chi connectivity index (χ0n) is 12.8. The summed E-state index contributed by atoms with van der Waals surface area (Å²) in [5.41, 5.74) is 3.43. The van der Waals surface area contributed by atoms with E-state index in [9.17, 15) is 0 Å². The molecule has 1 atom stereocenters.